The van der Waals surface area contributed by atoms with Gasteiger partial charge in [0.2, 0.25) is 0 Å². The van der Waals surface area contributed by atoms with E-state index in [-0.39, 0.29) is 25.0 Å². The molecule has 1 aromatic carbocycles. The van der Waals surface area contributed by atoms with E-state index in [1.165, 1.54) is 7.11 Å². The fraction of sp³-hybridized carbons (Fsp3) is 0.385. The molecule has 5 nitrogen and oxygen atoms in total. The molecule has 1 atom stereocenters. The van der Waals surface area contributed by atoms with Crippen molar-refractivity contribution in [1.82, 2.24) is 4.90 Å². The molecule has 1 unspecified atom stereocenters. The highest BCUT2D eigenvalue weighted by Gasteiger charge is 2.39. The fourth-order valence-electron chi connectivity index (χ4n) is 2.11. The second kappa shape index (κ2) is 4.88. The number of hydrogen-bond acceptors (Lipinski definition) is 4. The van der Waals surface area contributed by atoms with Crippen molar-refractivity contribution in [2.45, 2.75) is 13.0 Å². The van der Waals surface area contributed by atoms with Crippen molar-refractivity contribution in [1.29, 1.82) is 0 Å². The average Bonchev–Trinajstić information content (AvgIpc) is 2.59. The minimum Gasteiger partial charge on any atom is -0.394 e. The van der Waals surface area contributed by atoms with Crippen molar-refractivity contribution in [3.8, 4) is 0 Å². The number of aliphatic hydroxyl groups is 1. The third-order valence-corrected chi connectivity index (χ3v) is 3.01. The van der Waals surface area contributed by atoms with Gasteiger partial charge in [0.25, 0.3) is 11.8 Å². The van der Waals surface area contributed by atoms with Crippen molar-refractivity contribution >= 4 is 11.8 Å². The lowest BCUT2D eigenvalue weighted by Gasteiger charge is -2.23. The van der Waals surface area contributed by atoms with E-state index >= 15 is 0 Å². The van der Waals surface area contributed by atoms with Gasteiger partial charge < -0.3 is 9.84 Å². The van der Waals surface area contributed by atoms with Crippen LogP contribution in [0.3, 0.4) is 0 Å². The Balaban J connectivity index is 2.38. The maximum atomic E-state index is 12.2. The zero-order valence-electron chi connectivity index (χ0n) is 10.3. The Labute approximate surface area is 105 Å². The molecule has 0 aliphatic carbocycles. The van der Waals surface area contributed by atoms with E-state index in [4.69, 9.17) is 4.74 Å². The summed E-state index contributed by atoms with van der Waals surface area (Å²) in [6.45, 7) is 1.68. The first-order valence-corrected chi connectivity index (χ1v) is 5.68. The molecule has 1 aromatic rings. The number of carbonyl (C=O) groups excluding carboxylic acids is 2. The summed E-state index contributed by atoms with van der Waals surface area (Å²) in [4.78, 5) is 25.4. The molecule has 5 heteroatoms. The van der Waals surface area contributed by atoms with Gasteiger partial charge in [-0.05, 0) is 19.1 Å². The van der Waals surface area contributed by atoms with Crippen LogP contribution in [0.25, 0.3) is 0 Å². The minimum absolute atomic E-state index is 0.126. The first-order chi connectivity index (χ1) is 8.60. The topological polar surface area (TPSA) is 66.8 Å². The maximum Gasteiger partial charge on any atom is 0.261 e. The summed E-state index contributed by atoms with van der Waals surface area (Å²) in [6.07, 6.45) is 0. The van der Waals surface area contributed by atoms with Gasteiger partial charge in [-0.15, -0.1) is 0 Å². The Morgan fingerprint density at radius 3 is 2.56 bits per heavy atom. The number of methoxy groups -OCH3 is 1. The largest absolute Gasteiger partial charge is 0.394 e. The molecule has 0 radical (unpaired) electrons. The van der Waals surface area contributed by atoms with Crippen LogP contribution in [0.15, 0.2) is 18.2 Å². The molecule has 1 aliphatic heterocycles. The third-order valence-electron chi connectivity index (χ3n) is 3.01. The summed E-state index contributed by atoms with van der Waals surface area (Å²) in [6, 6.07) is 4.49. The number of imide groups is 1. The van der Waals surface area contributed by atoms with Crippen molar-refractivity contribution < 1.29 is 19.4 Å². The average molecular weight is 249 g/mol. The molecule has 1 N–H and O–H groups in total. The van der Waals surface area contributed by atoms with Gasteiger partial charge in [-0.25, -0.2) is 0 Å². The molecule has 0 bridgehead atoms. The SMILES string of the molecule is COCC(CO)N1C(=O)c2ccc(C)cc2C1=O. The molecule has 1 heterocycles. The van der Waals surface area contributed by atoms with Gasteiger partial charge in [0, 0.05) is 7.11 Å². The van der Waals surface area contributed by atoms with Gasteiger partial charge in [0.05, 0.1) is 30.4 Å². The smallest absolute Gasteiger partial charge is 0.261 e. The summed E-state index contributed by atoms with van der Waals surface area (Å²) >= 11 is 0. The quantitative estimate of drug-likeness (QED) is 0.793. The van der Waals surface area contributed by atoms with Crippen LogP contribution in [0.2, 0.25) is 0 Å². The molecule has 0 saturated carbocycles. The minimum atomic E-state index is -0.636. The number of amides is 2. The van der Waals surface area contributed by atoms with E-state index in [9.17, 15) is 14.7 Å². The standard InChI is InChI=1S/C13H15NO4/c1-8-3-4-10-11(5-8)13(17)14(12(10)16)9(6-15)7-18-2/h3-5,9,15H,6-7H2,1-2H3. The monoisotopic (exact) mass is 249 g/mol. The zero-order valence-corrected chi connectivity index (χ0v) is 10.3. The maximum absolute atomic E-state index is 12.2. The second-order valence-corrected chi connectivity index (χ2v) is 4.32. The molecule has 2 amide bonds. The predicted octanol–water partition coefficient (Wildman–Crippen LogP) is 0.598. The van der Waals surface area contributed by atoms with E-state index in [0.29, 0.717) is 11.1 Å². The summed E-state index contributed by atoms with van der Waals surface area (Å²) in [5, 5.41) is 9.26. The van der Waals surface area contributed by atoms with E-state index < -0.39 is 6.04 Å². The summed E-state index contributed by atoms with van der Waals surface area (Å²) in [7, 11) is 1.46. The molecule has 96 valence electrons. The summed E-state index contributed by atoms with van der Waals surface area (Å²) in [5.41, 5.74) is 1.71. The molecule has 0 fully saturated rings. The zero-order chi connectivity index (χ0) is 13.3. The van der Waals surface area contributed by atoms with Gasteiger partial charge in [-0.2, -0.15) is 0 Å². The van der Waals surface area contributed by atoms with E-state index in [1.54, 1.807) is 18.2 Å². The first kappa shape index (κ1) is 12.7. The highest BCUT2D eigenvalue weighted by atomic mass is 16.5. The van der Waals surface area contributed by atoms with Crippen LogP contribution < -0.4 is 0 Å². The van der Waals surface area contributed by atoms with Crippen LogP contribution in [-0.2, 0) is 4.74 Å². The van der Waals surface area contributed by atoms with Crippen LogP contribution in [-0.4, -0.2) is 48.2 Å². The number of ether oxygens (including phenoxy) is 1. The molecular weight excluding hydrogens is 234 g/mol. The number of aliphatic hydroxyl groups excluding tert-OH is 1. The number of benzene rings is 1. The lowest BCUT2D eigenvalue weighted by molar-refractivity contribution is 0.0357. The van der Waals surface area contributed by atoms with Crippen LogP contribution >= 0.6 is 0 Å². The fourth-order valence-corrected chi connectivity index (χ4v) is 2.11. The van der Waals surface area contributed by atoms with Crippen molar-refractivity contribution in [2.24, 2.45) is 0 Å². The lowest BCUT2D eigenvalue weighted by atomic mass is 10.1. The van der Waals surface area contributed by atoms with Gasteiger partial charge in [0.1, 0.15) is 0 Å². The Hall–Kier alpha value is -1.72. The highest BCUT2D eigenvalue weighted by molar-refractivity contribution is 6.21. The normalized spacial score (nSPS) is 16.1. The number of rotatable bonds is 4. The highest BCUT2D eigenvalue weighted by Crippen LogP contribution is 2.25. The van der Waals surface area contributed by atoms with Crippen molar-refractivity contribution in [3.05, 3.63) is 34.9 Å². The number of fused-ring (bicyclic) bond motifs is 1. The summed E-state index contributed by atoms with van der Waals surface area (Å²) < 4.78 is 4.92. The number of nitrogens with zero attached hydrogens (tertiary/aromatic N) is 1. The molecule has 0 spiro atoms. The Kier molecular flexibility index (Phi) is 3.45. The predicted molar refractivity (Wildman–Crippen MR) is 64.4 cm³/mol. The molecule has 18 heavy (non-hydrogen) atoms. The van der Waals surface area contributed by atoms with Gasteiger partial charge in [-0.3, -0.25) is 14.5 Å². The lowest BCUT2D eigenvalue weighted by Crippen LogP contribution is -2.44. The number of carbonyl (C=O) groups is 2. The van der Waals surface area contributed by atoms with Crippen LogP contribution in [0.5, 0.6) is 0 Å². The van der Waals surface area contributed by atoms with E-state index in [2.05, 4.69) is 0 Å². The van der Waals surface area contributed by atoms with E-state index in [1.807, 2.05) is 6.92 Å². The number of hydrogen-bond donors (Lipinski definition) is 1. The number of aryl methyl sites for hydroxylation is 1. The van der Waals surface area contributed by atoms with Gasteiger partial charge in [0.15, 0.2) is 0 Å². The molecule has 2 rings (SSSR count). The molecule has 0 aromatic heterocycles. The van der Waals surface area contributed by atoms with Crippen LogP contribution in [0.4, 0.5) is 0 Å². The van der Waals surface area contributed by atoms with Crippen LogP contribution in [0, 0.1) is 6.92 Å². The van der Waals surface area contributed by atoms with Gasteiger partial charge in [-0.1, -0.05) is 11.6 Å². The Morgan fingerprint density at radius 2 is 1.94 bits per heavy atom. The first-order valence-electron chi connectivity index (χ1n) is 5.68. The van der Waals surface area contributed by atoms with Crippen molar-refractivity contribution in [2.75, 3.05) is 20.3 Å². The third kappa shape index (κ3) is 1.91. The molecule has 0 saturated heterocycles. The molecule has 1 aliphatic rings. The summed E-state index contributed by atoms with van der Waals surface area (Å²) in [5.74, 6) is -0.735. The second-order valence-electron chi connectivity index (χ2n) is 4.32. The van der Waals surface area contributed by atoms with Crippen LogP contribution in [0.1, 0.15) is 26.3 Å². The molecular formula is C13H15NO4. The van der Waals surface area contributed by atoms with E-state index in [0.717, 1.165) is 10.5 Å². The van der Waals surface area contributed by atoms with Gasteiger partial charge >= 0.3 is 0 Å². The Bertz CT molecular complexity index is 498. The Morgan fingerprint density at radius 1 is 1.28 bits per heavy atom. The van der Waals surface area contributed by atoms with Crippen molar-refractivity contribution in [3.63, 3.8) is 0 Å².